The van der Waals surface area contributed by atoms with Crippen molar-refractivity contribution in [3.05, 3.63) is 10.4 Å². The van der Waals surface area contributed by atoms with Crippen molar-refractivity contribution in [2.24, 2.45) is 10.8 Å². The number of rotatable bonds is 2. The van der Waals surface area contributed by atoms with E-state index in [9.17, 15) is 9.59 Å². The van der Waals surface area contributed by atoms with Crippen LogP contribution in [0.4, 0.5) is 9.59 Å². The molecule has 4 aliphatic heterocycles. The second-order valence-corrected chi connectivity index (χ2v) is 8.13. The summed E-state index contributed by atoms with van der Waals surface area (Å²) in [6.07, 6.45) is 6.28. The van der Waals surface area contributed by atoms with Gasteiger partial charge in [-0.1, -0.05) is 5.11 Å². The van der Waals surface area contributed by atoms with Gasteiger partial charge in [0, 0.05) is 41.2 Å². The molecule has 156 valence electrons. The molecule has 4 saturated heterocycles. The smallest absolute Gasteiger partial charge is 0.410 e. The number of nitrogens with two attached hydrogens (primary N) is 1. The number of nitrogens with zero attached hydrogens (tertiary/aromatic N) is 5. The van der Waals surface area contributed by atoms with Crippen LogP contribution in [0.25, 0.3) is 10.4 Å². The number of fused-ring (bicyclic) bond motifs is 4. The van der Waals surface area contributed by atoms with Crippen molar-refractivity contribution in [3.8, 4) is 0 Å². The molecule has 0 spiro atoms. The monoisotopic (exact) mass is 394 g/mol. The Morgan fingerprint density at radius 2 is 1.57 bits per heavy atom. The van der Waals surface area contributed by atoms with Crippen molar-refractivity contribution in [1.29, 1.82) is 0 Å². The van der Waals surface area contributed by atoms with Crippen molar-refractivity contribution in [2.75, 3.05) is 6.61 Å². The summed E-state index contributed by atoms with van der Waals surface area (Å²) in [5, 5.41) is 12.6. The van der Waals surface area contributed by atoms with E-state index in [1.165, 1.54) is 4.90 Å². The average Bonchev–Trinajstić information content (AvgIpc) is 3.07. The molecule has 3 N–H and O–H groups in total. The Morgan fingerprint density at radius 3 is 2.00 bits per heavy atom. The minimum atomic E-state index is -0.836. The molecule has 4 atom stereocenters. The lowest BCUT2D eigenvalue weighted by Gasteiger charge is -2.36. The van der Waals surface area contributed by atoms with Gasteiger partial charge in [-0.05, 0) is 63.8 Å². The SMILES string of the molecule is CCOC(=O)N1C2CCC1CC(N)C2.[N-]=[N+]=NC1CC2CCC(C1)N2C(=O)O. The molecule has 0 aromatic heterocycles. The fourth-order valence-electron chi connectivity index (χ4n) is 5.34. The van der Waals surface area contributed by atoms with Crippen molar-refractivity contribution in [3.63, 3.8) is 0 Å². The van der Waals surface area contributed by atoms with Gasteiger partial charge in [-0.3, -0.25) is 0 Å². The van der Waals surface area contributed by atoms with Crippen LogP contribution in [0.5, 0.6) is 0 Å². The third-order valence-corrected chi connectivity index (χ3v) is 6.39. The largest absolute Gasteiger partial charge is 0.465 e. The van der Waals surface area contributed by atoms with Crippen molar-refractivity contribution in [2.45, 2.75) is 94.5 Å². The summed E-state index contributed by atoms with van der Waals surface area (Å²) in [5.74, 6) is 0. The molecule has 0 saturated carbocycles. The van der Waals surface area contributed by atoms with Gasteiger partial charge >= 0.3 is 12.2 Å². The van der Waals surface area contributed by atoms with Gasteiger partial charge in [-0.25, -0.2) is 9.59 Å². The van der Waals surface area contributed by atoms with Crippen LogP contribution in [-0.4, -0.2) is 70.0 Å². The van der Waals surface area contributed by atoms with Crippen LogP contribution < -0.4 is 5.73 Å². The molecular formula is C18H30N6O4. The van der Waals surface area contributed by atoms with Gasteiger partial charge in [-0.2, -0.15) is 0 Å². The number of piperidine rings is 2. The number of hydrogen-bond donors (Lipinski definition) is 2. The van der Waals surface area contributed by atoms with E-state index in [4.69, 9.17) is 21.1 Å². The van der Waals surface area contributed by atoms with Crippen molar-refractivity contribution >= 4 is 12.2 Å². The van der Waals surface area contributed by atoms with Crippen LogP contribution in [0, 0.1) is 0 Å². The Kier molecular flexibility index (Phi) is 6.51. The highest BCUT2D eigenvalue weighted by molar-refractivity contribution is 5.69. The van der Waals surface area contributed by atoms with Gasteiger partial charge in [-0.15, -0.1) is 0 Å². The minimum absolute atomic E-state index is 0.00639. The molecule has 4 aliphatic rings. The number of azide groups is 1. The second kappa shape index (κ2) is 8.87. The maximum absolute atomic E-state index is 11.6. The number of ether oxygens (including phenoxy) is 1. The third-order valence-electron chi connectivity index (χ3n) is 6.39. The van der Waals surface area contributed by atoms with Gasteiger partial charge < -0.3 is 25.4 Å². The summed E-state index contributed by atoms with van der Waals surface area (Å²) < 4.78 is 5.04. The summed E-state index contributed by atoms with van der Waals surface area (Å²) in [7, 11) is 0. The first-order valence-corrected chi connectivity index (χ1v) is 10.2. The Morgan fingerprint density at radius 1 is 1.07 bits per heavy atom. The molecule has 0 aromatic carbocycles. The predicted octanol–water partition coefficient (Wildman–Crippen LogP) is 3.07. The van der Waals surface area contributed by atoms with E-state index in [1.54, 1.807) is 0 Å². The quantitative estimate of drug-likeness (QED) is 0.420. The number of carboxylic acid groups (broad SMARTS) is 1. The molecule has 10 heteroatoms. The number of carbonyl (C=O) groups is 2. The van der Waals surface area contributed by atoms with Gasteiger partial charge in [0.25, 0.3) is 0 Å². The van der Waals surface area contributed by atoms with Crippen LogP contribution in [0.2, 0.25) is 0 Å². The van der Waals surface area contributed by atoms with E-state index in [1.807, 2.05) is 11.8 Å². The minimum Gasteiger partial charge on any atom is -0.465 e. The van der Waals surface area contributed by atoms with Crippen LogP contribution in [-0.2, 0) is 4.74 Å². The van der Waals surface area contributed by atoms with Gasteiger partial charge in [0.15, 0.2) is 0 Å². The number of amides is 2. The van der Waals surface area contributed by atoms with E-state index >= 15 is 0 Å². The van der Waals surface area contributed by atoms with E-state index in [0.717, 1.165) is 38.5 Å². The Bertz CT molecular complexity index is 612. The molecule has 0 aromatic rings. The van der Waals surface area contributed by atoms with Crippen molar-refractivity contribution < 1.29 is 19.4 Å². The number of hydrogen-bond acceptors (Lipinski definition) is 5. The van der Waals surface area contributed by atoms with E-state index in [-0.39, 0.29) is 30.3 Å². The van der Waals surface area contributed by atoms with Crippen LogP contribution in [0.1, 0.15) is 58.3 Å². The first kappa shape index (κ1) is 20.5. The van der Waals surface area contributed by atoms with E-state index in [0.29, 0.717) is 31.5 Å². The molecule has 4 rings (SSSR count). The molecular weight excluding hydrogens is 364 g/mol. The number of carbonyl (C=O) groups excluding carboxylic acids is 1. The molecule has 10 nitrogen and oxygen atoms in total. The highest BCUT2D eigenvalue weighted by atomic mass is 16.6. The summed E-state index contributed by atoms with van der Waals surface area (Å²) in [5.41, 5.74) is 14.2. The summed E-state index contributed by atoms with van der Waals surface area (Å²) in [4.78, 5) is 28.8. The highest BCUT2D eigenvalue weighted by Crippen LogP contribution is 2.37. The van der Waals surface area contributed by atoms with Gasteiger partial charge in [0.1, 0.15) is 0 Å². The molecule has 0 aliphatic carbocycles. The normalized spacial score (nSPS) is 35.5. The first-order chi connectivity index (χ1) is 13.4. The van der Waals surface area contributed by atoms with Gasteiger partial charge in [0.05, 0.1) is 6.61 Å². The van der Waals surface area contributed by atoms with Crippen molar-refractivity contribution in [1.82, 2.24) is 9.80 Å². The van der Waals surface area contributed by atoms with Crippen LogP contribution in [0.3, 0.4) is 0 Å². The summed E-state index contributed by atoms with van der Waals surface area (Å²) in [6, 6.07) is 1.08. The zero-order valence-corrected chi connectivity index (χ0v) is 16.3. The Balaban J connectivity index is 0.000000161. The molecule has 4 bridgehead atoms. The molecule has 28 heavy (non-hydrogen) atoms. The van der Waals surface area contributed by atoms with Gasteiger partial charge in [0.2, 0.25) is 0 Å². The maximum Gasteiger partial charge on any atom is 0.410 e. The van der Waals surface area contributed by atoms with E-state index in [2.05, 4.69) is 10.0 Å². The first-order valence-electron chi connectivity index (χ1n) is 10.2. The topological polar surface area (TPSA) is 145 Å². The third kappa shape index (κ3) is 4.28. The standard InChI is InChI=1S/C10H18N2O2.C8H12N4O2/c1-2-14-10(13)12-8-3-4-9(12)6-7(11)5-8;9-11-10-5-3-6-1-2-7(4-5)12(6)8(13)14/h7-9H,2-6,11H2,1H3;5-7H,1-4H2,(H,13,14). The Hall–Kier alpha value is -2.19. The molecule has 4 heterocycles. The summed E-state index contributed by atoms with van der Waals surface area (Å²) in [6.45, 7) is 2.30. The van der Waals surface area contributed by atoms with E-state index < -0.39 is 6.09 Å². The molecule has 0 radical (unpaired) electrons. The lowest BCUT2D eigenvalue weighted by atomic mass is 9.99. The Labute approximate surface area is 164 Å². The summed E-state index contributed by atoms with van der Waals surface area (Å²) >= 11 is 0. The predicted molar refractivity (Wildman–Crippen MR) is 102 cm³/mol. The van der Waals surface area contributed by atoms with Crippen LogP contribution in [0.15, 0.2) is 5.11 Å². The fraction of sp³-hybridized carbons (Fsp3) is 0.889. The maximum atomic E-state index is 11.6. The fourth-order valence-corrected chi connectivity index (χ4v) is 5.34. The second-order valence-electron chi connectivity index (χ2n) is 8.13. The molecule has 4 fully saturated rings. The lowest BCUT2D eigenvalue weighted by molar-refractivity contribution is 0.0696. The highest BCUT2D eigenvalue weighted by Gasteiger charge is 2.43. The van der Waals surface area contributed by atoms with Crippen LogP contribution >= 0.6 is 0 Å². The zero-order valence-electron chi connectivity index (χ0n) is 16.3. The average molecular weight is 394 g/mol. The lowest BCUT2D eigenvalue weighted by Crippen LogP contribution is -2.50. The molecule has 2 amide bonds. The molecule has 4 unspecified atom stereocenters. The zero-order chi connectivity index (χ0) is 20.3.